The molecule has 0 unspecified atom stereocenters. The molecular formula is C31H35FN2O3. The molecule has 0 spiro atoms. The van der Waals surface area contributed by atoms with Gasteiger partial charge in [0.2, 0.25) is 5.91 Å². The van der Waals surface area contributed by atoms with Crippen molar-refractivity contribution in [2.75, 3.05) is 23.1 Å². The van der Waals surface area contributed by atoms with Crippen LogP contribution < -0.4 is 9.80 Å². The fourth-order valence-corrected chi connectivity index (χ4v) is 4.87. The third kappa shape index (κ3) is 6.37. The van der Waals surface area contributed by atoms with E-state index >= 15 is 0 Å². The highest BCUT2D eigenvalue weighted by atomic mass is 19.1. The molecule has 0 saturated carbocycles. The molecule has 1 aliphatic heterocycles. The van der Waals surface area contributed by atoms with Crippen LogP contribution >= 0.6 is 0 Å². The number of fused-ring (bicyclic) bond motifs is 1. The average Bonchev–Trinajstić information content (AvgIpc) is 2.84. The predicted molar refractivity (Wildman–Crippen MR) is 145 cm³/mol. The van der Waals surface area contributed by atoms with Gasteiger partial charge in [0.25, 0.3) is 0 Å². The normalized spacial score (nSPS) is 13.2. The Morgan fingerprint density at radius 2 is 1.65 bits per heavy atom. The molecular weight excluding hydrogens is 467 g/mol. The van der Waals surface area contributed by atoms with Gasteiger partial charge in [0.15, 0.2) is 6.73 Å². The van der Waals surface area contributed by atoms with E-state index in [-0.39, 0.29) is 23.9 Å². The summed E-state index contributed by atoms with van der Waals surface area (Å²) in [7, 11) is 0. The zero-order valence-corrected chi connectivity index (χ0v) is 22.3. The van der Waals surface area contributed by atoms with Crippen molar-refractivity contribution in [2.24, 2.45) is 5.41 Å². The van der Waals surface area contributed by atoms with Gasteiger partial charge in [0.1, 0.15) is 5.82 Å². The SMILES string of the molecule is Cc1cc(N2CCc3cc(F)ccc3C2)cc(C)c1N(COC(=O)c1ccccc1)C(=O)CC(C)(C)C. The Labute approximate surface area is 218 Å². The molecule has 194 valence electrons. The first-order valence-corrected chi connectivity index (χ1v) is 12.7. The minimum atomic E-state index is -0.468. The van der Waals surface area contributed by atoms with Gasteiger partial charge in [-0.25, -0.2) is 9.18 Å². The van der Waals surface area contributed by atoms with Crippen molar-refractivity contribution < 1.29 is 18.7 Å². The van der Waals surface area contributed by atoms with E-state index in [1.54, 1.807) is 35.2 Å². The minimum absolute atomic E-state index is 0.0961. The van der Waals surface area contributed by atoms with Crippen molar-refractivity contribution in [1.29, 1.82) is 0 Å². The first kappa shape index (κ1) is 26.4. The van der Waals surface area contributed by atoms with Gasteiger partial charge < -0.3 is 9.64 Å². The van der Waals surface area contributed by atoms with Crippen molar-refractivity contribution in [3.8, 4) is 0 Å². The topological polar surface area (TPSA) is 49.9 Å². The standard InChI is InChI=1S/C31H35FN2O3/c1-21-15-27(33-14-13-24-17-26(32)12-11-25(24)19-33)16-22(2)29(21)34(28(35)18-31(3,4)5)20-37-30(36)23-9-7-6-8-10-23/h6-12,15-17H,13-14,18-20H2,1-5H3. The summed E-state index contributed by atoms with van der Waals surface area (Å²) in [5.74, 6) is -0.762. The maximum Gasteiger partial charge on any atom is 0.339 e. The highest BCUT2D eigenvalue weighted by molar-refractivity contribution is 5.96. The number of ether oxygens (including phenoxy) is 1. The molecule has 4 rings (SSSR count). The quantitative estimate of drug-likeness (QED) is 0.282. The molecule has 3 aromatic carbocycles. The Morgan fingerprint density at radius 3 is 2.30 bits per heavy atom. The van der Waals surface area contributed by atoms with E-state index in [0.717, 1.165) is 46.6 Å². The van der Waals surface area contributed by atoms with E-state index in [4.69, 9.17) is 4.74 Å². The third-order valence-electron chi connectivity index (χ3n) is 6.61. The van der Waals surface area contributed by atoms with Crippen LogP contribution in [0.1, 0.15) is 59.8 Å². The molecule has 0 radical (unpaired) electrons. The van der Waals surface area contributed by atoms with Crippen LogP contribution in [0.3, 0.4) is 0 Å². The van der Waals surface area contributed by atoms with Gasteiger partial charge in [-0.3, -0.25) is 9.69 Å². The van der Waals surface area contributed by atoms with Crippen LogP contribution in [0.4, 0.5) is 15.8 Å². The number of anilines is 2. The number of rotatable bonds is 6. The van der Waals surface area contributed by atoms with Gasteiger partial charge in [-0.05, 0) is 84.3 Å². The largest absolute Gasteiger partial charge is 0.440 e. The third-order valence-corrected chi connectivity index (χ3v) is 6.61. The lowest BCUT2D eigenvalue weighted by molar-refractivity contribution is -0.121. The molecule has 1 heterocycles. The lowest BCUT2D eigenvalue weighted by atomic mass is 9.91. The first-order valence-electron chi connectivity index (χ1n) is 12.7. The molecule has 1 aliphatic rings. The summed E-state index contributed by atoms with van der Waals surface area (Å²) >= 11 is 0. The molecule has 0 saturated heterocycles. The number of hydrogen-bond donors (Lipinski definition) is 0. The lowest BCUT2D eigenvalue weighted by Crippen LogP contribution is -2.37. The van der Waals surface area contributed by atoms with E-state index < -0.39 is 5.97 Å². The molecule has 0 fully saturated rings. The average molecular weight is 503 g/mol. The summed E-state index contributed by atoms with van der Waals surface area (Å²) < 4.78 is 19.3. The van der Waals surface area contributed by atoms with Gasteiger partial charge in [-0.15, -0.1) is 0 Å². The van der Waals surface area contributed by atoms with Gasteiger partial charge in [-0.2, -0.15) is 0 Å². The van der Waals surface area contributed by atoms with Crippen LogP contribution in [-0.4, -0.2) is 25.2 Å². The van der Waals surface area contributed by atoms with Crippen LogP contribution in [0, 0.1) is 25.1 Å². The predicted octanol–water partition coefficient (Wildman–Crippen LogP) is 6.59. The Bertz CT molecular complexity index is 1270. The van der Waals surface area contributed by atoms with Gasteiger partial charge in [-0.1, -0.05) is 45.0 Å². The number of benzene rings is 3. The van der Waals surface area contributed by atoms with Crippen LogP contribution in [0.25, 0.3) is 0 Å². The maximum atomic E-state index is 13.6. The number of carbonyl (C=O) groups excluding carboxylic acids is 2. The number of hydrogen-bond acceptors (Lipinski definition) is 4. The Morgan fingerprint density at radius 1 is 0.973 bits per heavy atom. The second-order valence-electron chi connectivity index (χ2n) is 11.0. The molecule has 6 heteroatoms. The fraction of sp³-hybridized carbons (Fsp3) is 0.355. The lowest BCUT2D eigenvalue weighted by Gasteiger charge is -2.33. The van der Waals surface area contributed by atoms with Crippen LogP contribution in [0.15, 0.2) is 60.7 Å². The van der Waals surface area contributed by atoms with E-state index in [0.29, 0.717) is 18.5 Å². The molecule has 0 aliphatic carbocycles. The summed E-state index contributed by atoms with van der Waals surface area (Å²) in [6, 6.07) is 17.9. The molecule has 0 bridgehead atoms. The van der Waals surface area contributed by atoms with E-state index in [1.807, 2.05) is 46.8 Å². The van der Waals surface area contributed by atoms with Crippen molar-refractivity contribution in [3.05, 3.63) is 94.3 Å². The highest BCUT2D eigenvalue weighted by Crippen LogP contribution is 2.34. The second kappa shape index (κ2) is 10.8. The van der Waals surface area contributed by atoms with E-state index in [2.05, 4.69) is 17.0 Å². The van der Waals surface area contributed by atoms with Crippen molar-refractivity contribution in [2.45, 2.75) is 54.0 Å². The Kier molecular flexibility index (Phi) is 7.67. The monoisotopic (exact) mass is 502 g/mol. The number of nitrogens with zero attached hydrogens (tertiary/aromatic N) is 2. The number of amides is 1. The summed E-state index contributed by atoms with van der Waals surface area (Å²) in [6.07, 6.45) is 1.09. The van der Waals surface area contributed by atoms with Gasteiger partial charge in [0, 0.05) is 25.2 Å². The van der Waals surface area contributed by atoms with E-state index in [1.165, 1.54) is 6.07 Å². The molecule has 3 aromatic rings. The summed E-state index contributed by atoms with van der Waals surface area (Å²) in [6.45, 7) is 11.3. The highest BCUT2D eigenvalue weighted by Gasteiger charge is 2.27. The zero-order valence-electron chi connectivity index (χ0n) is 22.3. The number of aryl methyl sites for hydroxylation is 2. The number of esters is 1. The van der Waals surface area contributed by atoms with Crippen molar-refractivity contribution >= 4 is 23.3 Å². The van der Waals surface area contributed by atoms with Crippen LogP contribution in [0.5, 0.6) is 0 Å². The fourth-order valence-electron chi connectivity index (χ4n) is 4.87. The van der Waals surface area contributed by atoms with Gasteiger partial charge in [0.05, 0.1) is 11.3 Å². The van der Waals surface area contributed by atoms with Crippen LogP contribution in [0.2, 0.25) is 0 Å². The van der Waals surface area contributed by atoms with E-state index in [9.17, 15) is 14.0 Å². The number of carbonyl (C=O) groups is 2. The smallest absolute Gasteiger partial charge is 0.339 e. The molecule has 0 atom stereocenters. The Balaban J connectivity index is 1.60. The summed E-state index contributed by atoms with van der Waals surface area (Å²) in [4.78, 5) is 30.0. The van der Waals surface area contributed by atoms with Crippen molar-refractivity contribution in [3.63, 3.8) is 0 Å². The Hall–Kier alpha value is -3.67. The first-order chi connectivity index (χ1) is 17.5. The number of halogens is 1. The second-order valence-corrected chi connectivity index (χ2v) is 11.0. The molecule has 0 aromatic heterocycles. The molecule has 5 nitrogen and oxygen atoms in total. The minimum Gasteiger partial charge on any atom is -0.440 e. The van der Waals surface area contributed by atoms with Crippen molar-refractivity contribution in [1.82, 2.24) is 0 Å². The van der Waals surface area contributed by atoms with Crippen LogP contribution in [-0.2, 0) is 22.5 Å². The maximum absolute atomic E-state index is 13.6. The zero-order chi connectivity index (χ0) is 26.7. The summed E-state index contributed by atoms with van der Waals surface area (Å²) in [5.41, 5.74) is 6.08. The molecule has 1 amide bonds. The summed E-state index contributed by atoms with van der Waals surface area (Å²) in [5, 5.41) is 0. The molecule has 0 N–H and O–H groups in total. The van der Waals surface area contributed by atoms with Gasteiger partial charge >= 0.3 is 5.97 Å². The molecule has 37 heavy (non-hydrogen) atoms.